The number of halogens is 5. The van der Waals surface area contributed by atoms with E-state index in [2.05, 4.69) is 0 Å². The number of rotatable bonds is 3. The molecule has 0 bridgehead atoms. The molecule has 0 fully saturated rings. The normalized spacial score (nSPS) is 11.3. The third-order valence-corrected chi connectivity index (χ3v) is 2.16. The van der Waals surface area contributed by atoms with Gasteiger partial charge in [-0.3, -0.25) is 4.79 Å². The molecule has 0 aliphatic rings. The van der Waals surface area contributed by atoms with Gasteiger partial charge in [0.2, 0.25) is 6.41 Å². The minimum atomic E-state index is -4.69. The first-order valence-electron chi connectivity index (χ1n) is 4.09. The second-order valence-electron chi connectivity index (χ2n) is 2.88. The first-order valence-corrected chi connectivity index (χ1v) is 4.47. The Hall–Kier alpha value is -1.30. The summed E-state index contributed by atoms with van der Waals surface area (Å²) in [5.41, 5.74) is -1.82. The van der Waals surface area contributed by atoms with Crippen molar-refractivity contribution >= 4 is 18.0 Å². The highest BCUT2D eigenvalue weighted by Crippen LogP contribution is 2.35. The molecule has 0 spiro atoms. The summed E-state index contributed by atoms with van der Waals surface area (Å²) in [6.07, 6.45) is -4.51. The van der Waals surface area contributed by atoms with Crippen molar-refractivity contribution in [1.29, 1.82) is 0 Å². The van der Waals surface area contributed by atoms with E-state index in [0.717, 1.165) is 6.07 Å². The molecule has 16 heavy (non-hydrogen) atoms. The molecule has 0 radical (unpaired) electrons. The maximum absolute atomic E-state index is 13.3. The Morgan fingerprint density at radius 2 is 2.00 bits per heavy atom. The average Bonchev–Trinajstić information content (AvgIpc) is 2.18. The molecule has 88 valence electrons. The van der Waals surface area contributed by atoms with Crippen LogP contribution in [0.1, 0.15) is 11.1 Å². The van der Waals surface area contributed by atoms with Crippen LogP contribution in [-0.4, -0.2) is 6.41 Å². The van der Waals surface area contributed by atoms with E-state index < -0.39 is 34.7 Å². The Morgan fingerprint density at radius 3 is 2.50 bits per heavy atom. The van der Waals surface area contributed by atoms with E-state index in [1.54, 1.807) is 0 Å². The van der Waals surface area contributed by atoms with Crippen molar-refractivity contribution in [3.63, 3.8) is 0 Å². The highest BCUT2D eigenvalue weighted by atomic mass is 35.5. The lowest BCUT2D eigenvalue weighted by Gasteiger charge is -2.13. The van der Waals surface area contributed by atoms with Gasteiger partial charge < -0.3 is 5.32 Å². The average molecular weight is 256 g/mol. The van der Waals surface area contributed by atoms with Crippen LogP contribution in [0.15, 0.2) is 12.1 Å². The van der Waals surface area contributed by atoms with E-state index in [9.17, 15) is 22.4 Å². The van der Waals surface area contributed by atoms with E-state index in [1.807, 2.05) is 5.32 Å². The monoisotopic (exact) mass is 255 g/mol. The third kappa shape index (κ3) is 2.63. The Bertz CT molecular complexity index is 405. The summed E-state index contributed by atoms with van der Waals surface area (Å²) in [5, 5.41) is 1.55. The molecule has 0 unspecified atom stereocenters. The van der Waals surface area contributed by atoms with Crippen molar-refractivity contribution in [1.82, 2.24) is 5.32 Å². The van der Waals surface area contributed by atoms with Crippen molar-refractivity contribution in [2.45, 2.75) is 12.7 Å². The van der Waals surface area contributed by atoms with Gasteiger partial charge in [0.1, 0.15) is 5.82 Å². The molecule has 0 aromatic heterocycles. The number of hydrogen-bond acceptors (Lipinski definition) is 1. The van der Waals surface area contributed by atoms with Crippen molar-refractivity contribution in [2.75, 3.05) is 0 Å². The van der Waals surface area contributed by atoms with Gasteiger partial charge in [-0.2, -0.15) is 13.2 Å². The van der Waals surface area contributed by atoms with E-state index in [-0.39, 0.29) is 6.41 Å². The predicted octanol–water partition coefficient (Wildman–Crippen LogP) is 2.74. The largest absolute Gasteiger partial charge is 0.416 e. The molecule has 0 atom stereocenters. The van der Waals surface area contributed by atoms with Gasteiger partial charge in [0.05, 0.1) is 10.6 Å². The molecule has 0 heterocycles. The van der Waals surface area contributed by atoms with E-state index in [0.29, 0.717) is 6.07 Å². The molecule has 7 heteroatoms. The lowest BCUT2D eigenvalue weighted by Crippen LogP contribution is -2.18. The van der Waals surface area contributed by atoms with E-state index in [4.69, 9.17) is 11.6 Å². The number of carbonyl (C=O) groups excluding carboxylic acids is 1. The number of carbonyl (C=O) groups is 1. The van der Waals surface area contributed by atoms with Gasteiger partial charge in [-0.1, -0.05) is 11.6 Å². The van der Waals surface area contributed by atoms with Gasteiger partial charge in [0, 0.05) is 12.1 Å². The molecule has 1 amide bonds. The lowest BCUT2D eigenvalue weighted by atomic mass is 10.1. The maximum Gasteiger partial charge on any atom is 0.416 e. The predicted molar refractivity (Wildman–Crippen MR) is 49.3 cm³/mol. The van der Waals surface area contributed by atoms with Crippen LogP contribution in [0.3, 0.4) is 0 Å². The Balaban J connectivity index is 3.27. The van der Waals surface area contributed by atoms with Crippen LogP contribution < -0.4 is 5.32 Å². The van der Waals surface area contributed by atoms with Crippen LogP contribution in [0.4, 0.5) is 17.6 Å². The molecule has 0 saturated carbocycles. The van der Waals surface area contributed by atoms with Crippen molar-refractivity contribution in [2.24, 2.45) is 0 Å². The highest BCUT2D eigenvalue weighted by Gasteiger charge is 2.34. The number of hydrogen-bond donors (Lipinski definition) is 1. The van der Waals surface area contributed by atoms with Gasteiger partial charge in [0.15, 0.2) is 0 Å². The molecule has 0 aliphatic heterocycles. The van der Waals surface area contributed by atoms with E-state index >= 15 is 0 Å². The van der Waals surface area contributed by atoms with Crippen molar-refractivity contribution in [3.05, 3.63) is 34.1 Å². The van der Waals surface area contributed by atoms with Gasteiger partial charge in [0.25, 0.3) is 0 Å². The SMILES string of the molecule is O=CNCc1c(C(F)(F)F)ccc(Cl)c1F. The summed E-state index contributed by atoms with van der Waals surface area (Å²) in [6.45, 7) is -0.565. The number of amides is 1. The van der Waals surface area contributed by atoms with Gasteiger partial charge >= 0.3 is 6.18 Å². The molecule has 0 saturated heterocycles. The Morgan fingerprint density at radius 1 is 1.38 bits per heavy atom. The quantitative estimate of drug-likeness (QED) is 0.653. The Kier molecular flexibility index (Phi) is 3.74. The standard InChI is InChI=1S/C9H6ClF4NO/c10-7-2-1-6(9(12,13)14)5(8(7)11)3-15-4-16/h1-2,4H,3H2,(H,15,16). The molecule has 0 aliphatic carbocycles. The minimum Gasteiger partial charge on any atom is -0.354 e. The van der Waals surface area contributed by atoms with Gasteiger partial charge in [-0.25, -0.2) is 4.39 Å². The summed E-state index contributed by atoms with van der Waals surface area (Å²) in [5.74, 6) is -1.18. The molecule has 1 aromatic carbocycles. The second kappa shape index (κ2) is 4.69. The third-order valence-electron chi connectivity index (χ3n) is 1.86. The lowest BCUT2D eigenvalue weighted by molar-refractivity contribution is -0.138. The first kappa shape index (κ1) is 12.8. The van der Waals surface area contributed by atoms with Crippen molar-refractivity contribution < 1.29 is 22.4 Å². The fourth-order valence-corrected chi connectivity index (χ4v) is 1.35. The fraction of sp³-hybridized carbons (Fsp3) is 0.222. The van der Waals surface area contributed by atoms with Gasteiger partial charge in [-0.05, 0) is 12.1 Å². The van der Waals surface area contributed by atoms with Crippen LogP contribution >= 0.6 is 11.6 Å². The van der Waals surface area contributed by atoms with Crippen LogP contribution in [0.5, 0.6) is 0 Å². The zero-order valence-electron chi connectivity index (χ0n) is 7.74. The highest BCUT2D eigenvalue weighted by molar-refractivity contribution is 6.30. The number of nitrogens with one attached hydrogen (secondary N) is 1. The smallest absolute Gasteiger partial charge is 0.354 e. The Labute approximate surface area is 93.2 Å². The zero-order valence-corrected chi connectivity index (χ0v) is 8.49. The molecular formula is C9H6ClF4NO. The van der Waals surface area contributed by atoms with Crippen LogP contribution in [0.2, 0.25) is 5.02 Å². The fourth-order valence-electron chi connectivity index (χ4n) is 1.17. The zero-order chi connectivity index (χ0) is 12.3. The summed E-state index contributed by atoms with van der Waals surface area (Å²) in [4.78, 5) is 9.99. The van der Waals surface area contributed by atoms with Crippen LogP contribution in [0, 0.1) is 5.82 Å². The topological polar surface area (TPSA) is 29.1 Å². The number of alkyl halides is 3. The molecular weight excluding hydrogens is 250 g/mol. The van der Waals surface area contributed by atoms with Crippen LogP contribution in [-0.2, 0) is 17.5 Å². The summed E-state index contributed by atoms with van der Waals surface area (Å²) < 4.78 is 50.7. The van der Waals surface area contributed by atoms with Crippen LogP contribution in [0.25, 0.3) is 0 Å². The minimum absolute atomic E-state index is 0.181. The van der Waals surface area contributed by atoms with E-state index in [1.165, 1.54) is 0 Å². The molecule has 1 aromatic rings. The molecule has 1 N–H and O–H groups in total. The van der Waals surface area contributed by atoms with Gasteiger partial charge in [-0.15, -0.1) is 0 Å². The second-order valence-corrected chi connectivity index (χ2v) is 3.29. The summed E-state index contributed by atoms with van der Waals surface area (Å²) in [6, 6.07) is 1.50. The molecule has 2 nitrogen and oxygen atoms in total. The molecule has 1 rings (SSSR count). The number of benzene rings is 1. The maximum atomic E-state index is 13.3. The summed E-state index contributed by atoms with van der Waals surface area (Å²) >= 11 is 5.36. The van der Waals surface area contributed by atoms with Crippen molar-refractivity contribution in [3.8, 4) is 0 Å². The summed E-state index contributed by atoms with van der Waals surface area (Å²) in [7, 11) is 0. The first-order chi connectivity index (χ1) is 7.38.